The minimum Gasteiger partial charge on any atom is -0.311 e. The molecule has 2 N–H and O–H groups in total. The molecule has 1 heterocycles. The summed E-state index contributed by atoms with van der Waals surface area (Å²) in [5.74, 6) is -1.21. The molecule has 0 radical (unpaired) electrons. The van der Waals surface area contributed by atoms with Crippen LogP contribution in [0.3, 0.4) is 0 Å². The van der Waals surface area contributed by atoms with E-state index in [4.69, 9.17) is 11.6 Å². The van der Waals surface area contributed by atoms with Crippen LogP contribution in [0.15, 0.2) is 71.7 Å². The third-order valence-electron chi connectivity index (χ3n) is 5.27. The Morgan fingerprint density at radius 3 is 2.37 bits per heavy atom. The van der Waals surface area contributed by atoms with E-state index in [-0.39, 0.29) is 17.0 Å². The Morgan fingerprint density at radius 1 is 1.03 bits per heavy atom. The van der Waals surface area contributed by atoms with Gasteiger partial charge in [0.25, 0.3) is 5.91 Å². The van der Waals surface area contributed by atoms with Crippen molar-refractivity contribution in [2.45, 2.75) is 12.3 Å². The molecule has 0 bridgehead atoms. The van der Waals surface area contributed by atoms with Crippen molar-refractivity contribution in [3.05, 3.63) is 94.3 Å². The average Bonchev–Trinajstić information content (AvgIpc) is 2.91. The molecule has 1 aliphatic heterocycles. The molecule has 1 atom stereocenters. The van der Waals surface area contributed by atoms with Gasteiger partial charge in [-0.2, -0.15) is 13.2 Å². The van der Waals surface area contributed by atoms with Crippen LogP contribution in [0.5, 0.6) is 0 Å². The number of likely N-dealkylation sites (N-methyl/N-ethyl adjacent to an activating group) is 1. The number of halogens is 5. The summed E-state index contributed by atoms with van der Waals surface area (Å²) in [5, 5.41) is 4.07. The predicted octanol–water partition coefficient (Wildman–Crippen LogP) is 5.46. The van der Waals surface area contributed by atoms with Crippen molar-refractivity contribution in [3.8, 4) is 0 Å². The number of carbonyl (C=O) groups excluding carboxylic acids is 2. The Hall–Kier alpha value is -3.92. The lowest BCUT2D eigenvalue weighted by Crippen LogP contribution is -2.47. The molecule has 3 aromatic carbocycles. The summed E-state index contributed by atoms with van der Waals surface area (Å²) in [6, 6.07) is 14.4. The highest BCUT2D eigenvalue weighted by molar-refractivity contribution is 6.31. The molecule has 11 heteroatoms. The molecule has 6 nitrogen and oxygen atoms in total. The van der Waals surface area contributed by atoms with Crippen LogP contribution >= 0.6 is 11.6 Å². The topological polar surface area (TPSA) is 73.8 Å². The van der Waals surface area contributed by atoms with Gasteiger partial charge in [-0.15, -0.1) is 0 Å². The first kappa shape index (κ1) is 24.2. The number of alkyl halides is 3. The lowest BCUT2D eigenvalue weighted by molar-refractivity contribution is -0.137. The molecule has 0 saturated heterocycles. The van der Waals surface area contributed by atoms with Gasteiger partial charge in [-0.1, -0.05) is 41.9 Å². The predicted molar refractivity (Wildman–Crippen MR) is 124 cm³/mol. The normalized spacial score (nSPS) is 15.7. The SMILES string of the molecule is CN1C(=O)C(NC(=O)Nc2ccc(Cl)c(C(F)(F)F)c2)N=C(c2ccccc2F)c2ccccc21. The van der Waals surface area contributed by atoms with Crippen molar-refractivity contribution in [2.75, 3.05) is 17.3 Å². The smallest absolute Gasteiger partial charge is 0.311 e. The fraction of sp³-hybridized carbons (Fsp3) is 0.125. The van der Waals surface area contributed by atoms with Crippen molar-refractivity contribution in [1.82, 2.24) is 5.32 Å². The fourth-order valence-electron chi connectivity index (χ4n) is 3.60. The highest BCUT2D eigenvalue weighted by Crippen LogP contribution is 2.36. The monoisotopic (exact) mass is 504 g/mol. The second kappa shape index (κ2) is 9.38. The van der Waals surface area contributed by atoms with Gasteiger partial charge >= 0.3 is 12.2 Å². The van der Waals surface area contributed by atoms with Gasteiger partial charge in [0.15, 0.2) is 0 Å². The first-order chi connectivity index (χ1) is 16.6. The van der Waals surface area contributed by atoms with E-state index < -0.39 is 40.7 Å². The minimum atomic E-state index is -4.73. The van der Waals surface area contributed by atoms with Crippen molar-refractivity contribution in [2.24, 2.45) is 4.99 Å². The summed E-state index contributed by atoms with van der Waals surface area (Å²) >= 11 is 5.61. The van der Waals surface area contributed by atoms with Crippen LogP contribution in [0, 0.1) is 5.82 Å². The van der Waals surface area contributed by atoms with Crippen LogP contribution in [0.4, 0.5) is 33.7 Å². The molecule has 0 aromatic heterocycles. The van der Waals surface area contributed by atoms with Crippen LogP contribution in [0.2, 0.25) is 5.02 Å². The second-order valence-corrected chi connectivity index (χ2v) is 7.97. The number of aliphatic imine (C=N–C) groups is 1. The fourth-order valence-corrected chi connectivity index (χ4v) is 3.82. The van der Waals surface area contributed by atoms with Crippen molar-refractivity contribution in [3.63, 3.8) is 0 Å². The second-order valence-electron chi connectivity index (χ2n) is 7.57. The largest absolute Gasteiger partial charge is 0.417 e. The van der Waals surface area contributed by atoms with E-state index >= 15 is 0 Å². The number of rotatable bonds is 3. The number of benzodiazepines with no additional fused rings is 1. The number of benzene rings is 3. The van der Waals surface area contributed by atoms with E-state index in [1.54, 1.807) is 30.3 Å². The van der Waals surface area contributed by atoms with Gasteiger partial charge in [-0.05, 0) is 36.4 Å². The molecular formula is C24H17ClF4N4O2. The molecule has 1 unspecified atom stereocenters. The zero-order chi connectivity index (χ0) is 25.3. The highest BCUT2D eigenvalue weighted by Gasteiger charge is 2.34. The number of hydrogen-bond acceptors (Lipinski definition) is 3. The zero-order valence-electron chi connectivity index (χ0n) is 18.0. The minimum absolute atomic E-state index is 0.114. The third kappa shape index (κ3) is 4.97. The van der Waals surface area contributed by atoms with Gasteiger partial charge in [0.2, 0.25) is 6.17 Å². The average molecular weight is 505 g/mol. The van der Waals surface area contributed by atoms with Crippen LogP contribution in [-0.2, 0) is 11.0 Å². The Kier molecular flexibility index (Phi) is 6.49. The number of amides is 3. The van der Waals surface area contributed by atoms with Gasteiger partial charge in [-0.25, -0.2) is 14.2 Å². The number of para-hydroxylation sites is 1. The van der Waals surface area contributed by atoms with E-state index in [1.165, 1.54) is 36.2 Å². The molecule has 180 valence electrons. The Morgan fingerprint density at radius 2 is 1.69 bits per heavy atom. The number of anilines is 2. The standard InChI is InChI=1S/C24H17ClF4N4O2/c1-33-19-9-5-3-7-15(19)20(14-6-2-4-8-18(14)26)31-21(22(33)34)32-23(35)30-13-10-11-17(25)16(12-13)24(27,28)29/h2-12,21H,1H3,(H2,30,32,35). The number of nitrogens with zero attached hydrogens (tertiary/aromatic N) is 2. The number of fused-ring (bicyclic) bond motifs is 1. The lowest BCUT2D eigenvalue weighted by Gasteiger charge is -2.21. The molecule has 0 fully saturated rings. The summed E-state index contributed by atoms with van der Waals surface area (Å²) in [7, 11) is 1.47. The van der Waals surface area contributed by atoms with Gasteiger partial charge in [0, 0.05) is 23.9 Å². The summed E-state index contributed by atoms with van der Waals surface area (Å²) in [6.45, 7) is 0. The molecule has 35 heavy (non-hydrogen) atoms. The Labute approximate surface area is 202 Å². The van der Waals surface area contributed by atoms with Crippen LogP contribution in [0.1, 0.15) is 16.7 Å². The number of nitrogens with one attached hydrogen (secondary N) is 2. The van der Waals surface area contributed by atoms with E-state index in [0.29, 0.717) is 17.3 Å². The molecule has 0 aliphatic carbocycles. The highest BCUT2D eigenvalue weighted by atomic mass is 35.5. The van der Waals surface area contributed by atoms with Gasteiger partial charge < -0.3 is 15.5 Å². The molecule has 4 rings (SSSR count). The maximum absolute atomic E-state index is 14.7. The maximum atomic E-state index is 14.7. The van der Waals surface area contributed by atoms with E-state index in [9.17, 15) is 27.2 Å². The Bertz CT molecular complexity index is 1340. The van der Waals surface area contributed by atoms with Gasteiger partial charge in [0.05, 0.1) is 22.0 Å². The van der Waals surface area contributed by atoms with Crippen LogP contribution in [-0.4, -0.2) is 30.9 Å². The lowest BCUT2D eigenvalue weighted by atomic mass is 10.00. The van der Waals surface area contributed by atoms with Crippen molar-refractivity contribution >= 4 is 40.6 Å². The van der Waals surface area contributed by atoms with Crippen molar-refractivity contribution < 1.29 is 27.2 Å². The summed E-state index contributed by atoms with van der Waals surface area (Å²) in [5.41, 5.74) is -0.175. The number of carbonyl (C=O) groups is 2. The first-order valence-corrected chi connectivity index (χ1v) is 10.6. The summed E-state index contributed by atoms with van der Waals surface area (Å²) in [4.78, 5) is 31.3. The zero-order valence-corrected chi connectivity index (χ0v) is 18.8. The van der Waals surface area contributed by atoms with Crippen molar-refractivity contribution in [1.29, 1.82) is 0 Å². The quantitative estimate of drug-likeness (QED) is 0.465. The summed E-state index contributed by atoms with van der Waals surface area (Å²) in [6.07, 6.45) is -6.22. The van der Waals surface area contributed by atoms with Gasteiger partial charge in [0.1, 0.15) is 5.82 Å². The molecule has 0 spiro atoms. The molecule has 1 aliphatic rings. The van der Waals surface area contributed by atoms with Crippen LogP contribution < -0.4 is 15.5 Å². The van der Waals surface area contributed by atoms with E-state index in [0.717, 1.165) is 6.07 Å². The third-order valence-corrected chi connectivity index (χ3v) is 5.60. The molecular weight excluding hydrogens is 488 g/mol. The van der Waals surface area contributed by atoms with E-state index in [1.807, 2.05) is 0 Å². The number of hydrogen-bond donors (Lipinski definition) is 2. The molecule has 3 aromatic rings. The number of urea groups is 1. The molecule has 0 saturated carbocycles. The molecule has 3 amide bonds. The first-order valence-electron chi connectivity index (χ1n) is 10.2. The van der Waals surface area contributed by atoms with E-state index in [2.05, 4.69) is 15.6 Å². The summed E-state index contributed by atoms with van der Waals surface area (Å²) < 4.78 is 54.1. The maximum Gasteiger partial charge on any atom is 0.417 e. The van der Waals surface area contributed by atoms with Crippen LogP contribution in [0.25, 0.3) is 0 Å². The Balaban J connectivity index is 1.68. The van der Waals surface area contributed by atoms with Gasteiger partial charge in [-0.3, -0.25) is 4.79 Å².